The third kappa shape index (κ3) is 3.49. The zero-order valence-electron chi connectivity index (χ0n) is 10.2. The Labute approximate surface area is 110 Å². The van der Waals surface area contributed by atoms with Gasteiger partial charge in [-0.05, 0) is 19.1 Å². The Bertz CT molecular complexity index is 576. The predicted molar refractivity (Wildman–Crippen MR) is 65.2 cm³/mol. The molecule has 1 heterocycles. The van der Waals surface area contributed by atoms with Gasteiger partial charge in [0.1, 0.15) is 0 Å². The van der Waals surface area contributed by atoms with E-state index in [1.54, 1.807) is 0 Å². The van der Waals surface area contributed by atoms with E-state index in [0.717, 1.165) is 24.3 Å². The first-order valence-corrected chi connectivity index (χ1v) is 7.01. The van der Waals surface area contributed by atoms with E-state index in [9.17, 15) is 18.5 Å². The van der Waals surface area contributed by atoms with E-state index in [1.807, 2.05) is 6.92 Å². The van der Waals surface area contributed by atoms with Gasteiger partial charge in [-0.2, -0.15) is 8.42 Å². The minimum atomic E-state index is -3.88. The van der Waals surface area contributed by atoms with Crippen LogP contribution in [0.4, 0.5) is 5.69 Å². The second kappa shape index (κ2) is 4.87. The minimum absolute atomic E-state index is 0.0236. The van der Waals surface area contributed by atoms with Gasteiger partial charge < -0.3 is 4.74 Å². The summed E-state index contributed by atoms with van der Waals surface area (Å²) in [6, 6.07) is 4.56. The highest BCUT2D eigenvalue weighted by Crippen LogP contribution is 2.30. The van der Waals surface area contributed by atoms with E-state index >= 15 is 0 Å². The Morgan fingerprint density at radius 1 is 1.42 bits per heavy atom. The van der Waals surface area contributed by atoms with Crippen molar-refractivity contribution in [2.24, 2.45) is 0 Å². The summed E-state index contributed by atoms with van der Waals surface area (Å²) < 4.78 is 33.5. The molecule has 0 saturated carbocycles. The van der Waals surface area contributed by atoms with Gasteiger partial charge in [-0.1, -0.05) is 0 Å². The van der Waals surface area contributed by atoms with Gasteiger partial charge in [0.2, 0.25) is 0 Å². The van der Waals surface area contributed by atoms with Crippen LogP contribution in [0, 0.1) is 10.1 Å². The third-order valence-corrected chi connectivity index (χ3v) is 4.17. The molecule has 0 radical (unpaired) electrons. The zero-order chi connectivity index (χ0) is 14.1. The maximum absolute atomic E-state index is 11.8. The van der Waals surface area contributed by atoms with E-state index < -0.39 is 15.0 Å². The number of epoxide rings is 1. The molecular formula is C11H13NO6S. The number of nitro groups is 1. The summed E-state index contributed by atoms with van der Waals surface area (Å²) in [6.07, 6.45) is 0.485. The first kappa shape index (κ1) is 13.9. The molecular weight excluding hydrogens is 274 g/mol. The lowest BCUT2D eigenvalue weighted by atomic mass is 10.1. The van der Waals surface area contributed by atoms with E-state index in [4.69, 9.17) is 8.92 Å². The standard InChI is InChI=1S/C11H13NO6S/c1-11(8-17-11)6-7-18-19(15,16)10-4-2-9(3-5-10)12(13)14/h2-5H,6-8H2,1H3. The molecule has 0 amide bonds. The average molecular weight is 287 g/mol. The number of non-ortho nitro benzene ring substituents is 1. The fourth-order valence-electron chi connectivity index (χ4n) is 1.44. The summed E-state index contributed by atoms with van der Waals surface area (Å²) in [4.78, 5) is 9.77. The largest absolute Gasteiger partial charge is 0.370 e. The zero-order valence-corrected chi connectivity index (χ0v) is 11.1. The van der Waals surface area contributed by atoms with Crippen LogP contribution >= 0.6 is 0 Å². The fraction of sp³-hybridized carbons (Fsp3) is 0.455. The first-order chi connectivity index (χ1) is 8.82. The molecule has 2 rings (SSSR count). The van der Waals surface area contributed by atoms with Gasteiger partial charge in [0.25, 0.3) is 15.8 Å². The molecule has 1 aromatic rings. The van der Waals surface area contributed by atoms with E-state index in [-0.39, 0.29) is 22.8 Å². The van der Waals surface area contributed by atoms with Crippen molar-refractivity contribution in [1.29, 1.82) is 0 Å². The summed E-state index contributed by atoms with van der Waals surface area (Å²) in [5.41, 5.74) is -0.441. The number of nitrogens with zero attached hydrogens (tertiary/aromatic N) is 1. The summed E-state index contributed by atoms with van der Waals surface area (Å²) in [5.74, 6) is 0. The Kier molecular flexibility index (Phi) is 3.57. The van der Waals surface area contributed by atoms with Gasteiger partial charge in [-0.25, -0.2) is 0 Å². The highest BCUT2D eigenvalue weighted by Gasteiger charge is 2.39. The van der Waals surface area contributed by atoms with Crippen LogP contribution in [0.5, 0.6) is 0 Å². The molecule has 1 atom stereocenters. The maximum Gasteiger partial charge on any atom is 0.296 e. The van der Waals surface area contributed by atoms with Crippen LogP contribution in [-0.2, 0) is 19.0 Å². The van der Waals surface area contributed by atoms with E-state index in [0.29, 0.717) is 13.0 Å². The normalized spacial score (nSPS) is 22.2. The second-order valence-corrected chi connectivity index (χ2v) is 6.13. The number of hydrogen-bond donors (Lipinski definition) is 0. The molecule has 19 heavy (non-hydrogen) atoms. The summed E-state index contributed by atoms with van der Waals surface area (Å²) in [5, 5.41) is 10.5. The minimum Gasteiger partial charge on any atom is -0.370 e. The van der Waals surface area contributed by atoms with Crippen LogP contribution in [0.15, 0.2) is 29.2 Å². The number of benzene rings is 1. The van der Waals surface area contributed by atoms with Crippen LogP contribution in [0.1, 0.15) is 13.3 Å². The lowest BCUT2D eigenvalue weighted by molar-refractivity contribution is -0.384. The molecule has 1 aromatic carbocycles. The van der Waals surface area contributed by atoms with Crippen molar-refractivity contribution < 1.29 is 22.3 Å². The molecule has 0 aliphatic carbocycles. The van der Waals surface area contributed by atoms with E-state index in [1.165, 1.54) is 0 Å². The van der Waals surface area contributed by atoms with Gasteiger partial charge >= 0.3 is 0 Å². The van der Waals surface area contributed by atoms with Crippen LogP contribution in [-0.4, -0.2) is 32.2 Å². The molecule has 1 unspecified atom stereocenters. The van der Waals surface area contributed by atoms with Crippen molar-refractivity contribution in [3.05, 3.63) is 34.4 Å². The highest BCUT2D eigenvalue weighted by atomic mass is 32.2. The number of rotatable bonds is 6. The van der Waals surface area contributed by atoms with Gasteiger partial charge in [-0.15, -0.1) is 0 Å². The van der Waals surface area contributed by atoms with Crippen LogP contribution < -0.4 is 0 Å². The van der Waals surface area contributed by atoms with Gasteiger partial charge in [0, 0.05) is 18.6 Å². The Morgan fingerprint density at radius 2 is 2.00 bits per heavy atom. The van der Waals surface area contributed by atoms with Crippen molar-refractivity contribution >= 4 is 15.8 Å². The van der Waals surface area contributed by atoms with Crippen molar-refractivity contribution in [1.82, 2.24) is 0 Å². The topological polar surface area (TPSA) is 99.0 Å². The van der Waals surface area contributed by atoms with Gasteiger partial charge in [-0.3, -0.25) is 14.3 Å². The van der Waals surface area contributed by atoms with Crippen molar-refractivity contribution in [3.63, 3.8) is 0 Å². The Morgan fingerprint density at radius 3 is 2.47 bits per heavy atom. The Balaban J connectivity index is 2.00. The fourth-order valence-corrected chi connectivity index (χ4v) is 2.35. The summed E-state index contributed by atoms with van der Waals surface area (Å²) in [7, 11) is -3.88. The second-order valence-electron chi connectivity index (χ2n) is 4.52. The maximum atomic E-state index is 11.8. The molecule has 7 nitrogen and oxygen atoms in total. The molecule has 0 aromatic heterocycles. The molecule has 0 spiro atoms. The van der Waals surface area contributed by atoms with Crippen LogP contribution in [0.25, 0.3) is 0 Å². The number of ether oxygens (including phenoxy) is 1. The monoisotopic (exact) mass is 287 g/mol. The first-order valence-electron chi connectivity index (χ1n) is 5.60. The molecule has 8 heteroatoms. The number of hydrogen-bond acceptors (Lipinski definition) is 6. The predicted octanol–water partition coefficient (Wildman–Crippen LogP) is 1.48. The molecule has 1 aliphatic rings. The van der Waals surface area contributed by atoms with E-state index in [2.05, 4.69) is 0 Å². The Hall–Kier alpha value is -1.51. The highest BCUT2D eigenvalue weighted by molar-refractivity contribution is 7.86. The summed E-state index contributed by atoms with van der Waals surface area (Å²) >= 11 is 0. The average Bonchev–Trinajstić information content (AvgIpc) is 3.07. The molecule has 1 aliphatic heterocycles. The summed E-state index contributed by atoms with van der Waals surface area (Å²) in [6.45, 7) is 2.50. The third-order valence-electron chi connectivity index (χ3n) is 2.84. The van der Waals surface area contributed by atoms with Crippen LogP contribution in [0.2, 0.25) is 0 Å². The van der Waals surface area contributed by atoms with Crippen molar-refractivity contribution in [2.45, 2.75) is 23.8 Å². The van der Waals surface area contributed by atoms with Gasteiger partial charge in [0.15, 0.2) is 0 Å². The molecule has 0 bridgehead atoms. The molecule has 104 valence electrons. The molecule has 1 fully saturated rings. The lowest BCUT2D eigenvalue weighted by Gasteiger charge is -2.07. The quantitative estimate of drug-likeness (QED) is 0.340. The smallest absolute Gasteiger partial charge is 0.296 e. The number of nitro benzene ring substituents is 1. The molecule has 0 N–H and O–H groups in total. The lowest BCUT2D eigenvalue weighted by Crippen LogP contribution is -2.13. The van der Waals surface area contributed by atoms with Gasteiger partial charge in [0.05, 0.1) is 28.6 Å². The van der Waals surface area contributed by atoms with Crippen molar-refractivity contribution in [3.8, 4) is 0 Å². The SMILES string of the molecule is CC1(CCOS(=O)(=O)c2ccc([N+](=O)[O-])cc2)CO1. The van der Waals surface area contributed by atoms with Crippen LogP contribution in [0.3, 0.4) is 0 Å². The van der Waals surface area contributed by atoms with Crippen molar-refractivity contribution in [2.75, 3.05) is 13.2 Å². The molecule has 1 saturated heterocycles.